The first-order valence-electron chi connectivity index (χ1n) is 9.94. The van der Waals surface area contributed by atoms with Crippen molar-refractivity contribution >= 4 is 0 Å². The lowest BCUT2D eigenvalue weighted by Crippen LogP contribution is -2.66. The van der Waals surface area contributed by atoms with Gasteiger partial charge in [-0.05, 0) is 50.4 Å². The molecule has 1 unspecified atom stereocenters. The number of aliphatic hydroxyl groups is 4. The van der Waals surface area contributed by atoms with Crippen molar-refractivity contribution in [3.8, 4) is 0 Å². The summed E-state index contributed by atoms with van der Waals surface area (Å²) in [5, 5.41) is 40.2. The predicted octanol–water partition coefficient (Wildman–Crippen LogP) is 1.85. The Morgan fingerprint density at radius 3 is 2.28 bits per heavy atom. The molecule has 3 rings (SSSR count). The average Bonchev–Trinajstić information content (AvgIpc) is 2.99. The SMILES string of the molecule is C[C@H]1CC[C@@H]2[C@](C)(CO)[C@@H](O)CC[C@]2(C)[C@]12CCC(CO)(CCO)O2. The molecule has 25 heavy (non-hydrogen) atoms. The highest BCUT2D eigenvalue weighted by atomic mass is 16.5. The fourth-order valence-electron chi connectivity index (χ4n) is 6.70. The van der Waals surface area contributed by atoms with E-state index in [4.69, 9.17) is 4.74 Å². The van der Waals surface area contributed by atoms with Crippen LogP contribution in [0.25, 0.3) is 0 Å². The van der Waals surface area contributed by atoms with Gasteiger partial charge in [-0.3, -0.25) is 0 Å². The van der Waals surface area contributed by atoms with Crippen LogP contribution in [-0.2, 0) is 4.74 Å². The molecule has 3 fully saturated rings. The maximum atomic E-state index is 10.6. The first-order valence-corrected chi connectivity index (χ1v) is 9.94. The lowest BCUT2D eigenvalue weighted by molar-refractivity contribution is -0.272. The van der Waals surface area contributed by atoms with E-state index in [1.54, 1.807) is 0 Å². The summed E-state index contributed by atoms with van der Waals surface area (Å²) in [5.74, 6) is 0.549. The number of hydrogen-bond donors (Lipinski definition) is 4. The standard InChI is InChI=1S/C20H36O5/c1-14-4-5-15-17(2,12-22)16(24)6-7-18(15,3)20(14)9-8-19(13-23,25-20)10-11-21/h14-16,21-24H,4-13H2,1-3H3/t14-,15+,16-,17-,18-,19?,20-/m0/s1. The molecule has 0 radical (unpaired) electrons. The van der Waals surface area contributed by atoms with Crippen LogP contribution in [0.5, 0.6) is 0 Å². The maximum Gasteiger partial charge on any atom is 0.0942 e. The van der Waals surface area contributed by atoms with E-state index in [0.717, 1.165) is 32.1 Å². The summed E-state index contributed by atoms with van der Waals surface area (Å²) in [5.41, 5.74) is -1.66. The van der Waals surface area contributed by atoms with E-state index >= 15 is 0 Å². The second-order valence-electron chi connectivity index (χ2n) is 9.47. The first-order chi connectivity index (χ1) is 11.7. The van der Waals surface area contributed by atoms with Crippen LogP contribution in [0.1, 0.15) is 65.7 Å². The smallest absolute Gasteiger partial charge is 0.0942 e. The van der Waals surface area contributed by atoms with Crippen LogP contribution in [0, 0.1) is 22.7 Å². The highest BCUT2D eigenvalue weighted by Crippen LogP contribution is 2.67. The summed E-state index contributed by atoms with van der Waals surface area (Å²) in [7, 11) is 0. The normalized spacial score (nSPS) is 53.2. The van der Waals surface area contributed by atoms with Crippen LogP contribution in [-0.4, -0.2) is 57.6 Å². The van der Waals surface area contributed by atoms with Crippen molar-refractivity contribution in [2.45, 2.75) is 83.0 Å². The average molecular weight is 357 g/mol. The summed E-state index contributed by atoms with van der Waals surface area (Å²) in [6, 6.07) is 0. The molecule has 1 heterocycles. The van der Waals surface area contributed by atoms with Gasteiger partial charge in [-0.25, -0.2) is 0 Å². The zero-order chi connectivity index (χ0) is 18.5. The van der Waals surface area contributed by atoms with Crippen molar-refractivity contribution in [2.75, 3.05) is 19.8 Å². The van der Waals surface area contributed by atoms with Crippen LogP contribution >= 0.6 is 0 Å². The van der Waals surface area contributed by atoms with Crippen LogP contribution in [0.15, 0.2) is 0 Å². The fraction of sp³-hybridized carbons (Fsp3) is 1.00. The molecule has 2 saturated carbocycles. The van der Waals surface area contributed by atoms with Crippen LogP contribution in [0.3, 0.4) is 0 Å². The number of hydrogen-bond acceptors (Lipinski definition) is 5. The van der Waals surface area contributed by atoms with E-state index in [2.05, 4.69) is 13.8 Å². The maximum absolute atomic E-state index is 10.6. The molecule has 0 amide bonds. The van der Waals surface area contributed by atoms with Gasteiger partial charge in [0, 0.05) is 23.9 Å². The van der Waals surface area contributed by atoms with E-state index in [1.807, 2.05) is 6.92 Å². The summed E-state index contributed by atoms with van der Waals surface area (Å²) >= 11 is 0. The van der Waals surface area contributed by atoms with Crippen molar-refractivity contribution in [1.29, 1.82) is 0 Å². The molecule has 5 heteroatoms. The number of fused-ring (bicyclic) bond motifs is 2. The highest BCUT2D eigenvalue weighted by molar-refractivity contribution is 5.17. The molecule has 0 bridgehead atoms. The Morgan fingerprint density at radius 2 is 1.68 bits per heavy atom. The third-order valence-electron chi connectivity index (χ3n) is 8.46. The van der Waals surface area contributed by atoms with Crippen molar-refractivity contribution in [1.82, 2.24) is 0 Å². The molecule has 4 N–H and O–H groups in total. The summed E-state index contributed by atoms with van der Waals surface area (Å²) in [6.07, 6.45) is 5.15. The zero-order valence-corrected chi connectivity index (χ0v) is 16.0. The quantitative estimate of drug-likeness (QED) is 0.617. The third-order valence-corrected chi connectivity index (χ3v) is 8.46. The molecule has 5 nitrogen and oxygen atoms in total. The summed E-state index contributed by atoms with van der Waals surface area (Å²) < 4.78 is 6.75. The number of aliphatic hydroxyl groups excluding tert-OH is 4. The molecular formula is C20H36O5. The molecule has 0 aromatic carbocycles. The number of rotatable bonds is 4. The highest BCUT2D eigenvalue weighted by Gasteiger charge is 2.68. The topological polar surface area (TPSA) is 90.2 Å². The minimum Gasteiger partial charge on any atom is -0.396 e. The Labute approximate surface area is 151 Å². The fourth-order valence-corrected chi connectivity index (χ4v) is 6.70. The molecule has 0 aromatic heterocycles. The van der Waals surface area contributed by atoms with Crippen molar-refractivity contribution < 1.29 is 25.2 Å². The lowest BCUT2D eigenvalue weighted by atomic mass is 9.43. The van der Waals surface area contributed by atoms with Gasteiger partial charge >= 0.3 is 0 Å². The molecule has 7 atom stereocenters. The molecule has 1 aliphatic heterocycles. The van der Waals surface area contributed by atoms with Crippen LogP contribution in [0.4, 0.5) is 0 Å². The summed E-state index contributed by atoms with van der Waals surface area (Å²) in [6.45, 7) is 6.47. The van der Waals surface area contributed by atoms with Gasteiger partial charge in [0.2, 0.25) is 0 Å². The van der Waals surface area contributed by atoms with E-state index in [1.165, 1.54) is 0 Å². The Morgan fingerprint density at radius 1 is 0.960 bits per heavy atom. The lowest BCUT2D eigenvalue weighted by Gasteiger charge is -2.65. The van der Waals surface area contributed by atoms with Gasteiger partial charge in [0.05, 0.1) is 30.5 Å². The molecule has 3 aliphatic rings. The van der Waals surface area contributed by atoms with Crippen LogP contribution in [0.2, 0.25) is 0 Å². The Balaban J connectivity index is 2.02. The van der Waals surface area contributed by atoms with Gasteiger partial charge in [-0.1, -0.05) is 20.8 Å². The molecule has 1 saturated heterocycles. The van der Waals surface area contributed by atoms with E-state index in [-0.39, 0.29) is 36.8 Å². The molecule has 0 aromatic rings. The Kier molecular flexibility index (Phi) is 5.05. The van der Waals surface area contributed by atoms with E-state index < -0.39 is 17.1 Å². The van der Waals surface area contributed by atoms with Crippen molar-refractivity contribution in [2.24, 2.45) is 22.7 Å². The molecule has 1 spiro atoms. The Hall–Kier alpha value is -0.200. The van der Waals surface area contributed by atoms with Gasteiger partial charge < -0.3 is 25.2 Å². The van der Waals surface area contributed by atoms with E-state index in [9.17, 15) is 20.4 Å². The second kappa shape index (κ2) is 6.45. The Bertz CT molecular complexity index is 498. The van der Waals surface area contributed by atoms with Gasteiger partial charge in [0.25, 0.3) is 0 Å². The van der Waals surface area contributed by atoms with Crippen molar-refractivity contribution in [3.63, 3.8) is 0 Å². The molecule has 2 aliphatic carbocycles. The van der Waals surface area contributed by atoms with Gasteiger partial charge in [-0.2, -0.15) is 0 Å². The molecule has 146 valence electrons. The van der Waals surface area contributed by atoms with Gasteiger partial charge in [0.15, 0.2) is 0 Å². The van der Waals surface area contributed by atoms with Crippen molar-refractivity contribution in [3.05, 3.63) is 0 Å². The van der Waals surface area contributed by atoms with E-state index in [0.29, 0.717) is 18.8 Å². The predicted molar refractivity (Wildman–Crippen MR) is 95.0 cm³/mol. The zero-order valence-electron chi connectivity index (χ0n) is 16.0. The summed E-state index contributed by atoms with van der Waals surface area (Å²) in [4.78, 5) is 0. The van der Waals surface area contributed by atoms with Gasteiger partial charge in [-0.15, -0.1) is 0 Å². The minimum atomic E-state index is -0.653. The third kappa shape index (κ3) is 2.53. The number of ether oxygens (including phenoxy) is 1. The first kappa shape index (κ1) is 19.6. The van der Waals surface area contributed by atoms with Gasteiger partial charge in [0.1, 0.15) is 0 Å². The second-order valence-corrected chi connectivity index (χ2v) is 9.47. The van der Waals surface area contributed by atoms with Crippen LogP contribution < -0.4 is 0 Å². The minimum absolute atomic E-state index is 0.0121. The monoisotopic (exact) mass is 356 g/mol. The largest absolute Gasteiger partial charge is 0.396 e. The molecular weight excluding hydrogens is 320 g/mol.